The summed E-state index contributed by atoms with van der Waals surface area (Å²) in [7, 11) is 0. The molecular formula is C14H15NO4. The zero-order valence-electron chi connectivity index (χ0n) is 10.9. The van der Waals surface area contributed by atoms with Crippen molar-refractivity contribution in [3.05, 3.63) is 47.7 Å². The lowest BCUT2D eigenvalue weighted by Crippen LogP contribution is -2.04. The predicted octanol–water partition coefficient (Wildman–Crippen LogP) is 2.74. The van der Waals surface area contributed by atoms with Crippen LogP contribution in [-0.4, -0.2) is 17.6 Å². The number of esters is 1. The normalized spacial score (nSPS) is 10.2. The van der Waals surface area contributed by atoms with Crippen LogP contribution in [0.4, 0.5) is 0 Å². The molecule has 5 nitrogen and oxygen atoms in total. The molecule has 1 aromatic carbocycles. The van der Waals surface area contributed by atoms with Crippen molar-refractivity contribution in [3.63, 3.8) is 0 Å². The summed E-state index contributed by atoms with van der Waals surface area (Å²) in [6.07, 6.45) is 1.39. The van der Waals surface area contributed by atoms with Crippen LogP contribution in [-0.2, 0) is 11.3 Å². The van der Waals surface area contributed by atoms with Gasteiger partial charge in [-0.25, -0.2) is 9.78 Å². The first-order valence-electron chi connectivity index (χ1n) is 5.99. The molecular weight excluding hydrogens is 246 g/mol. The third kappa shape index (κ3) is 3.34. The van der Waals surface area contributed by atoms with Gasteiger partial charge < -0.3 is 13.9 Å². The number of aryl methyl sites for hydroxylation is 1. The summed E-state index contributed by atoms with van der Waals surface area (Å²) >= 11 is 0. The molecule has 0 radical (unpaired) electrons. The maximum atomic E-state index is 11.5. The second kappa shape index (κ2) is 6.04. The zero-order chi connectivity index (χ0) is 13.7. The number of ether oxygens (including phenoxy) is 2. The molecule has 0 spiro atoms. The fourth-order valence-corrected chi connectivity index (χ4v) is 1.52. The Labute approximate surface area is 111 Å². The Morgan fingerprint density at radius 3 is 2.63 bits per heavy atom. The summed E-state index contributed by atoms with van der Waals surface area (Å²) in [5, 5.41) is 0. The molecule has 1 heterocycles. The van der Waals surface area contributed by atoms with Crippen molar-refractivity contribution in [1.29, 1.82) is 0 Å². The van der Waals surface area contributed by atoms with Gasteiger partial charge in [0.05, 0.1) is 12.2 Å². The molecule has 2 aromatic rings. The summed E-state index contributed by atoms with van der Waals surface area (Å²) < 4.78 is 15.5. The molecule has 0 fully saturated rings. The minimum absolute atomic E-state index is 0.332. The highest BCUT2D eigenvalue weighted by Gasteiger charge is 2.07. The third-order valence-electron chi connectivity index (χ3n) is 2.59. The number of carbonyl (C=O) groups excluding carboxylic acids is 1. The second-order valence-corrected chi connectivity index (χ2v) is 3.89. The SMILES string of the molecule is CCOC(=O)c1ccc(OCc2ncoc2C)cc1. The Morgan fingerprint density at radius 1 is 1.32 bits per heavy atom. The highest BCUT2D eigenvalue weighted by Crippen LogP contribution is 2.15. The van der Waals surface area contributed by atoms with Gasteiger partial charge in [0.25, 0.3) is 0 Å². The van der Waals surface area contributed by atoms with Crippen LogP contribution in [0.25, 0.3) is 0 Å². The number of carbonyl (C=O) groups is 1. The van der Waals surface area contributed by atoms with Gasteiger partial charge in [0.15, 0.2) is 6.39 Å². The van der Waals surface area contributed by atoms with Crippen molar-refractivity contribution >= 4 is 5.97 Å². The van der Waals surface area contributed by atoms with Gasteiger partial charge in [-0.1, -0.05) is 0 Å². The molecule has 0 N–H and O–H groups in total. The van der Waals surface area contributed by atoms with Crippen molar-refractivity contribution in [2.75, 3.05) is 6.61 Å². The number of benzene rings is 1. The van der Waals surface area contributed by atoms with E-state index in [4.69, 9.17) is 13.9 Å². The Hall–Kier alpha value is -2.30. The fraction of sp³-hybridized carbons (Fsp3) is 0.286. The van der Waals surface area contributed by atoms with Gasteiger partial charge in [-0.3, -0.25) is 0 Å². The minimum atomic E-state index is -0.332. The van der Waals surface area contributed by atoms with E-state index in [2.05, 4.69) is 4.98 Å². The molecule has 1 aromatic heterocycles. The Bertz CT molecular complexity index is 545. The molecule has 0 atom stereocenters. The maximum absolute atomic E-state index is 11.5. The van der Waals surface area contributed by atoms with Gasteiger partial charge >= 0.3 is 5.97 Å². The van der Waals surface area contributed by atoms with Crippen LogP contribution >= 0.6 is 0 Å². The molecule has 100 valence electrons. The molecule has 19 heavy (non-hydrogen) atoms. The average molecular weight is 261 g/mol. The molecule has 0 saturated heterocycles. The van der Waals surface area contributed by atoms with Gasteiger partial charge in [0.2, 0.25) is 0 Å². The first-order valence-corrected chi connectivity index (χ1v) is 5.99. The van der Waals surface area contributed by atoms with E-state index in [1.165, 1.54) is 6.39 Å². The quantitative estimate of drug-likeness (QED) is 0.774. The number of hydrogen-bond donors (Lipinski definition) is 0. The molecule has 0 aliphatic rings. The van der Waals surface area contributed by atoms with E-state index in [9.17, 15) is 4.79 Å². The molecule has 5 heteroatoms. The van der Waals surface area contributed by atoms with Crippen LogP contribution in [0, 0.1) is 6.92 Å². The molecule has 0 bridgehead atoms. The first-order chi connectivity index (χ1) is 9.20. The smallest absolute Gasteiger partial charge is 0.338 e. The van der Waals surface area contributed by atoms with Crippen LogP contribution in [0.15, 0.2) is 35.1 Å². The highest BCUT2D eigenvalue weighted by molar-refractivity contribution is 5.89. The lowest BCUT2D eigenvalue weighted by molar-refractivity contribution is 0.0526. The monoisotopic (exact) mass is 261 g/mol. The summed E-state index contributed by atoms with van der Waals surface area (Å²) in [6.45, 7) is 4.30. The van der Waals surface area contributed by atoms with Gasteiger partial charge in [0.1, 0.15) is 23.8 Å². The van der Waals surface area contributed by atoms with Crippen molar-refractivity contribution in [1.82, 2.24) is 4.98 Å². The Morgan fingerprint density at radius 2 is 2.05 bits per heavy atom. The molecule has 0 unspecified atom stereocenters. The van der Waals surface area contributed by atoms with Gasteiger partial charge in [-0.05, 0) is 38.1 Å². The zero-order valence-corrected chi connectivity index (χ0v) is 10.9. The van der Waals surface area contributed by atoms with Gasteiger partial charge in [-0.2, -0.15) is 0 Å². The molecule has 0 amide bonds. The number of hydrogen-bond acceptors (Lipinski definition) is 5. The van der Waals surface area contributed by atoms with Crippen LogP contribution in [0.3, 0.4) is 0 Å². The first kappa shape index (κ1) is 13.1. The molecule has 2 rings (SSSR count). The number of aromatic nitrogens is 1. The Balaban J connectivity index is 1.95. The van der Waals surface area contributed by atoms with E-state index < -0.39 is 0 Å². The van der Waals surface area contributed by atoms with E-state index in [1.807, 2.05) is 6.92 Å². The van der Waals surface area contributed by atoms with Gasteiger partial charge in [-0.15, -0.1) is 0 Å². The van der Waals surface area contributed by atoms with Crippen LogP contribution in [0.1, 0.15) is 28.7 Å². The topological polar surface area (TPSA) is 61.6 Å². The minimum Gasteiger partial charge on any atom is -0.487 e. The second-order valence-electron chi connectivity index (χ2n) is 3.89. The van der Waals surface area contributed by atoms with Crippen molar-refractivity contribution in [2.45, 2.75) is 20.5 Å². The summed E-state index contributed by atoms with van der Waals surface area (Å²) in [5.41, 5.74) is 1.27. The lowest BCUT2D eigenvalue weighted by atomic mass is 10.2. The van der Waals surface area contributed by atoms with E-state index in [1.54, 1.807) is 31.2 Å². The summed E-state index contributed by atoms with van der Waals surface area (Å²) in [4.78, 5) is 15.5. The molecule has 0 saturated carbocycles. The predicted molar refractivity (Wildman–Crippen MR) is 68.0 cm³/mol. The van der Waals surface area contributed by atoms with E-state index in [0.717, 1.165) is 11.5 Å². The number of oxazole rings is 1. The third-order valence-corrected chi connectivity index (χ3v) is 2.59. The number of rotatable bonds is 5. The summed E-state index contributed by atoms with van der Waals surface area (Å²) in [6, 6.07) is 6.79. The highest BCUT2D eigenvalue weighted by atomic mass is 16.5. The van der Waals surface area contributed by atoms with Crippen molar-refractivity contribution in [3.8, 4) is 5.75 Å². The van der Waals surface area contributed by atoms with Gasteiger partial charge in [0, 0.05) is 0 Å². The molecule has 0 aliphatic heterocycles. The standard InChI is InChI=1S/C14H15NO4/c1-3-17-14(16)11-4-6-12(7-5-11)18-8-13-10(2)19-9-15-13/h4-7,9H,3,8H2,1-2H3. The average Bonchev–Trinajstić information content (AvgIpc) is 2.83. The Kier molecular flexibility index (Phi) is 4.18. The number of nitrogens with zero attached hydrogens (tertiary/aromatic N) is 1. The maximum Gasteiger partial charge on any atom is 0.338 e. The van der Waals surface area contributed by atoms with Crippen molar-refractivity contribution < 1.29 is 18.7 Å². The van der Waals surface area contributed by atoms with Crippen LogP contribution in [0.5, 0.6) is 5.75 Å². The van der Waals surface area contributed by atoms with Crippen molar-refractivity contribution in [2.24, 2.45) is 0 Å². The summed E-state index contributed by atoms with van der Waals surface area (Å²) in [5.74, 6) is 1.07. The lowest BCUT2D eigenvalue weighted by Gasteiger charge is -2.06. The fourth-order valence-electron chi connectivity index (χ4n) is 1.52. The van der Waals surface area contributed by atoms with Crippen LogP contribution < -0.4 is 4.74 Å². The van der Waals surface area contributed by atoms with Crippen LogP contribution in [0.2, 0.25) is 0 Å². The van der Waals surface area contributed by atoms with E-state index in [0.29, 0.717) is 24.5 Å². The van der Waals surface area contributed by atoms with E-state index in [-0.39, 0.29) is 5.97 Å². The molecule has 0 aliphatic carbocycles. The van der Waals surface area contributed by atoms with E-state index >= 15 is 0 Å². The largest absolute Gasteiger partial charge is 0.487 e.